The highest BCUT2D eigenvalue weighted by atomic mass is 16.5. The zero-order chi connectivity index (χ0) is 16.3. The summed E-state index contributed by atoms with van der Waals surface area (Å²) >= 11 is 0. The van der Waals surface area contributed by atoms with Gasteiger partial charge in [0.2, 0.25) is 11.8 Å². The fraction of sp³-hybridized carbons (Fsp3) is 0.467. The second kappa shape index (κ2) is 6.13. The molecule has 2 aromatic heterocycles. The zero-order valence-electron chi connectivity index (χ0n) is 13.4. The summed E-state index contributed by atoms with van der Waals surface area (Å²) in [5, 5.41) is 6.73. The van der Waals surface area contributed by atoms with Gasteiger partial charge in [-0.05, 0) is 39.8 Å². The Bertz CT molecular complexity index is 664. The van der Waals surface area contributed by atoms with Gasteiger partial charge in [0.05, 0.1) is 11.6 Å². The molecule has 0 aliphatic rings. The maximum Gasteiger partial charge on any atom is 0.263 e. The first kappa shape index (κ1) is 15.9. The lowest BCUT2D eigenvalue weighted by atomic mass is 10.1. The molecule has 1 N–H and O–H groups in total. The summed E-state index contributed by atoms with van der Waals surface area (Å²) in [6, 6.07) is 3.57. The number of nitrogens with zero attached hydrogens (tertiary/aromatic N) is 3. The van der Waals surface area contributed by atoms with Crippen LogP contribution in [0.3, 0.4) is 0 Å². The molecule has 0 bridgehead atoms. The minimum absolute atomic E-state index is 0.0214. The maximum atomic E-state index is 11.3. The second-order valence-electron chi connectivity index (χ2n) is 5.75. The molecule has 118 valence electrons. The molecule has 22 heavy (non-hydrogen) atoms. The Balaban J connectivity index is 2.34. The first-order valence-electron chi connectivity index (χ1n) is 7.04. The van der Waals surface area contributed by atoms with E-state index in [1.165, 1.54) is 6.92 Å². The van der Waals surface area contributed by atoms with E-state index in [9.17, 15) is 4.79 Å². The predicted octanol–water partition coefficient (Wildman–Crippen LogP) is 2.29. The van der Waals surface area contributed by atoms with Crippen LogP contribution >= 0.6 is 0 Å². The molecule has 1 amide bonds. The molecule has 7 nitrogen and oxygen atoms in total. The van der Waals surface area contributed by atoms with E-state index < -0.39 is 5.54 Å². The van der Waals surface area contributed by atoms with Crippen molar-refractivity contribution < 1.29 is 14.1 Å². The molecule has 2 heterocycles. The fourth-order valence-electron chi connectivity index (χ4n) is 1.95. The monoisotopic (exact) mass is 304 g/mol. The van der Waals surface area contributed by atoms with Crippen LogP contribution in [0.1, 0.15) is 40.4 Å². The van der Waals surface area contributed by atoms with Crippen LogP contribution < -0.4 is 10.1 Å². The van der Waals surface area contributed by atoms with Crippen molar-refractivity contribution in [2.45, 2.75) is 46.3 Å². The van der Waals surface area contributed by atoms with Gasteiger partial charge in [0, 0.05) is 13.1 Å². The fourth-order valence-corrected chi connectivity index (χ4v) is 1.95. The van der Waals surface area contributed by atoms with Gasteiger partial charge in [0.1, 0.15) is 5.56 Å². The molecule has 7 heteroatoms. The Labute approximate surface area is 129 Å². The highest BCUT2D eigenvalue weighted by Crippen LogP contribution is 2.28. The van der Waals surface area contributed by atoms with E-state index in [4.69, 9.17) is 9.26 Å². The minimum atomic E-state index is -0.727. The summed E-state index contributed by atoms with van der Waals surface area (Å²) in [6.07, 6.45) is 1.62. The normalized spacial score (nSPS) is 11.5. The van der Waals surface area contributed by atoms with Crippen LogP contribution in [0, 0.1) is 0 Å². The summed E-state index contributed by atoms with van der Waals surface area (Å²) in [5.41, 5.74) is -0.108. The number of hydrogen-bond acceptors (Lipinski definition) is 6. The van der Waals surface area contributed by atoms with Crippen molar-refractivity contribution in [3.05, 3.63) is 24.2 Å². The summed E-state index contributed by atoms with van der Waals surface area (Å²) in [5.74, 6) is 0.959. The van der Waals surface area contributed by atoms with Gasteiger partial charge in [0.25, 0.3) is 5.89 Å². The van der Waals surface area contributed by atoms with Crippen molar-refractivity contribution in [1.29, 1.82) is 0 Å². The van der Waals surface area contributed by atoms with Crippen LogP contribution in [0.25, 0.3) is 11.5 Å². The van der Waals surface area contributed by atoms with Crippen LogP contribution in [0.4, 0.5) is 0 Å². The number of amides is 1. The molecular formula is C15H20N4O3. The van der Waals surface area contributed by atoms with E-state index in [0.29, 0.717) is 23.2 Å². The molecule has 0 atom stereocenters. The third-order valence-electron chi connectivity index (χ3n) is 2.82. The van der Waals surface area contributed by atoms with E-state index >= 15 is 0 Å². The van der Waals surface area contributed by atoms with Gasteiger partial charge in [-0.2, -0.15) is 4.98 Å². The number of carbonyl (C=O) groups excluding carboxylic acids is 1. The van der Waals surface area contributed by atoms with E-state index in [0.717, 1.165) is 0 Å². The molecule has 0 spiro atoms. The van der Waals surface area contributed by atoms with Gasteiger partial charge in [-0.3, -0.25) is 4.79 Å². The van der Waals surface area contributed by atoms with Crippen molar-refractivity contribution in [3.8, 4) is 17.3 Å². The number of aromatic nitrogens is 3. The molecule has 0 aromatic carbocycles. The predicted molar refractivity (Wildman–Crippen MR) is 80.1 cm³/mol. The highest BCUT2D eigenvalue weighted by Gasteiger charge is 2.28. The van der Waals surface area contributed by atoms with E-state index in [-0.39, 0.29) is 12.0 Å². The van der Waals surface area contributed by atoms with Crippen LogP contribution in [0.2, 0.25) is 0 Å². The van der Waals surface area contributed by atoms with Gasteiger partial charge in [-0.15, -0.1) is 0 Å². The molecule has 2 aromatic rings. The Morgan fingerprint density at radius 1 is 1.41 bits per heavy atom. The standard InChI is InChI=1S/C15H20N4O3/c1-9(2)21-12-11(7-6-8-16-12)13-17-14(19-22-13)15(4,5)18-10(3)20/h6-9H,1-5H3,(H,18,20). The van der Waals surface area contributed by atoms with Crippen LogP contribution in [0.5, 0.6) is 5.88 Å². The second-order valence-corrected chi connectivity index (χ2v) is 5.75. The van der Waals surface area contributed by atoms with Gasteiger partial charge in [-0.25, -0.2) is 4.98 Å². The Hall–Kier alpha value is -2.44. The summed E-state index contributed by atoms with van der Waals surface area (Å²) in [7, 11) is 0. The lowest BCUT2D eigenvalue weighted by Crippen LogP contribution is -2.40. The number of ether oxygens (including phenoxy) is 1. The minimum Gasteiger partial charge on any atom is -0.474 e. The number of rotatable bonds is 5. The first-order valence-corrected chi connectivity index (χ1v) is 7.04. The topological polar surface area (TPSA) is 90.1 Å². The zero-order valence-corrected chi connectivity index (χ0v) is 13.4. The van der Waals surface area contributed by atoms with Crippen LogP contribution in [0.15, 0.2) is 22.9 Å². The average molecular weight is 304 g/mol. The van der Waals surface area contributed by atoms with E-state index in [1.807, 2.05) is 13.8 Å². The van der Waals surface area contributed by atoms with E-state index in [2.05, 4.69) is 20.4 Å². The number of carbonyl (C=O) groups is 1. The summed E-state index contributed by atoms with van der Waals surface area (Å²) in [4.78, 5) is 19.8. The van der Waals surface area contributed by atoms with Crippen molar-refractivity contribution >= 4 is 5.91 Å². The lowest BCUT2D eigenvalue weighted by molar-refractivity contribution is -0.120. The molecule has 0 saturated carbocycles. The maximum absolute atomic E-state index is 11.3. The van der Waals surface area contributed by atoms with E-state index in [1.54, 1.807) is 32.2 Å². The first-order chi connectivity index (χ1) is 10.3. The Morgan fingerprint density at radius 3 is 2.77 bits per heavy atom. The highest BCUT2D eigenvalue weighted by molar-refractivity contribution is 5.73. The number of hydrogen-bond donors (Lipinski definition) is 1. The van der Waals surface area contributed by atoms with Gasteiger partial charge in [-0.1, -0.05) is 5.16 Å². The van der Waals surface area contributed by atoms with Crippen molar-refractivity contribution in [2.75, 3.05) is 0 Å². The van der Waals surface area contributed by atoms with Crippen LogP contribution in [-0.2, 0) is 10.3 Å². The molecule has 2 rings (SSSR count). The van der Waals surface area contributed by atoms with Gasteiger partial charge >= 0.3 is 0 Å². The van der Waals surface area contributed by atoms with Gasteiger partial charge < -0.3 is 14.6 Å². The smallest absolute Gasteiger partial charge is 0.263 e. The lowest BCUT2D eigenvalue weighted by Gasteiger charge is -2.20. The molecule has 0 fully saturated rings. The third kappa shape index (κ3) is 3.60. The van der Waals surface area contributed by atoms with Crippen molar-refractivity contribution in [2.24, 2.45) is 0 Å². The summed E-state index contributed by atoms with van der Waals surface area (Å²) in [6.45, 7) is 8.88. The quantitative estimate of drug-likeness (QED) is 0.911. The van der Waals surface area contributed by atoms with Gasteiger partial charge in [0.15, 0.2) is 5.82 Å². The SMILES string of the molecule is CC(=O)NC(C)(C)c1noc(-c2cccnc2OC(C)C)n1. The molecule has 0 saturated heterocycles. The summed E-state index contributed by atoms with van der Waals surface area (Å²) < 4.78 is 11.0. The van der Waals surface area contributed by atoms with Crippen molar-refractivity contribution in [3.63, 3.8) is 0 Å². The molecule has 0 radical (unpaired) electrons. The Kier molecular flexibility index (Phi) is 4.44. The molecular weight excluding hydrogens is 284 g/mol. The number of nitrogens with one attached hydrogen (secondary N) is 1. The third-order valence-corrected chi connectivity index (χ3v) is 2.82. The number of pyridine rings is 1. The largest absolute Gasteiger partial charge is 0.474 e. The molecule has 0 aliphatic carbocycles. The molecule has 0 unspecified atom stereocenters. The average Bonchev–Trinajstić information content (AvgIpc) is 2.87. The Morgan fingerprint density at radius 2 is 2.14 bits per heavy atom. The van der Waals surface area contributed by atoms with Crippen molar-refractivity contribution in [1.82, 2.24) is 20.4 Å². The van der Waals surface area contributed by atoms with Crippen LogP contribution in [-0.4, -0.2) is 27.1 Å². The molecule has 0 aliphatic heterocycles.